The fraction of sp³-hybridized carbons (Fsp3) is 0.0667. The van der Waals surface area contributed by atoms with Crippen molar-refractivity contribution in [1.82, 2.24) is 5.32 Å². The number of benzene rings is 2. The van der Waals surface area contributed by atoms with Gasteiger partial charge < -0.3 is 10.1 Å². The monoisotopic (exact) mass is 376 g/mol. The first kappa shape index (κ1) is 18.5. The average Bonchev–Trinajstić information content (AvgIpc) is 2.47. The molecular weight excluding hydrogens is 368 g/mol. The zero-order valence-electron chi connectivity index (χ0n) is 12.2. The Labute approximate surface area is 143 Å². The molecule has 0 radical (unpaired) electrons. The second-order valence-corrected chi connectivity index (χ2v) is 4.98. The highest BCUT2D eigenvalue weighted by Gasteiger charge is 2.31. The van der Waals surface area contributed by atoms with E-state index in [4.69, 9.17) is 11.6 Å². The second kappa shape index (κ2) is 7.39. The Morgan fingerprint density at radius 3 is 2.36 bits per heavy atom. The number of alkyl halides is 3. The molecule has 0 aliphatic carbocycles. The molecule has 5 nitrogen and oxygen atoms in total. The predicted octanol–water partition coefficient (Wildman–Crippen LogP) is 4.34. The maximum Gasteiger partial charge on any atom is 0.573 e. The molecule has 10 heteroatoms. The van der Waals surface area contributed by atoms with Gasteiger partial charge in [-0.2, -0.15) is 0 Å². The van der Waals surface area contributed by atoms with Gasteiger partial charge in [0.15, 0.2) is 0 Å². The van der Waals surface area contributed by atoms with Crippen molar-refractivity contribution in [2.45, 2.75) is 6.36 Å². The zero-order chi connectivity index (χ0) is 18.6. The summed E-state index contributed by atoms with van der Waals surface area (Å²) < 4.78 is 53.4. The van der Waals surface area contributed by atoms with Crippen LogP contribution in [0.2, 0.25) is 5.02 Å². The Hall–Kier alpha value is -2.81. The van der Waals surface area contributed by atoms with Crippen molar-refractivity contribution in [3.05, 3.63) is 58.9 Å². The van der Waals surface area contributed by atoms with E-state index in [0.29, 0.717) is 6.07 Å². The van der Waals surface area contributed by atoms with Crippen LogP contribution in [0.3, 0.4) is 0 Å². The summed E-state index contributed by atoms with van der Waals surface area (Å²) in [6.07, 6.45) is -4.99. The van der Waals surface area contributed by atoms with Crippen molar-refractivity contribution >= 4 is 29.2 Å². The molecular formula is C15H9ClF4N2O3. The van der Waals surface area contributed by atoms with E-state index >= 15 is 0 Å². The van der Waals surface area contributed by atoms with E-state index in [2.05, 4.69) is 10.1 Å². The Balaban J connectivity index is 2.05. The minimum absolute atomic E-state index is 0.212. The number of anilines is 1. The molecule has 0 fully saturated rings. The third kappa shape index (κ3) is 5.35. The SMILES string of the molecule is O=C(NC(=O)c1ccc(OC(F)(F)F)cc1F)Nc1ccccc1Cl. The number of carbonyl (C=O) groups excluding carboxylic acids is 2. The van der Waals surface area contributed by atoms with Crippen LogP contribution in [0.15, 0.2) is 42.5 Å². The van der Waals surface area contributed by atoms with Gasteiger partial charge in [0.1, 0.15) is 11.6 Å². The van der Waals surface area contributed by atoms with Crippen molar-refractivity contribution < 1.29 is 31.9 Å². The summed E-state index contributed by atoms with van der Waals surface area (Å²) in [7, 11) is 0. The lowest BCUT2D eigenvalue weighted by Crippen LogP contribution is -2.34. The average molecular weight is 377 g/mol. The number of para-hydroxylation sites is 1. The summed E-state index contributed by atoms with van der Waals surface area (Å²) in [5, 5.41) is 4.32. The molecule has 0 spiro atoms. The lowest BCUT2D eigenvalue weighted by Gasteiger charge is -2.11. The van der Waals surface area contributed by atoms with Gasteiger partial charge in [-0.25, -0.2) is 9.18 Å². The lowest BCUT2D eigenvalue weighted by atomic mass is 10.2. The third-order valence-electron chi connectivity index (χ3n) is 2.77. The van der Waals surface area contributed by atoms with Gasteiger partial charge in [0.25, 0.3) is 5.91 Å². The van der Waals surface area contributed by atoms with Gasteiger partial charge in [0.2, 0.25) is 0 Å². The zero-order valence-corrected chi connectivity index (χ0v) is 12.9. The third-order valence-corrected chi connectivity index (χ3v) is 3.10. The van der Waals surface area contributed by atoms with Crippen molar-refractivity contribution in [2.75, 3.05) is 5.32 Å². The molecule has 2 aromatic rings. The van der Waals surface area contributed by atoms with Crippen LogP contribution in [-0.2, 0) is 0 Å². The van der Waals surface area contributed by atoms with Crippen LogP contribution in [0, 0.1) is 5.82 Å². The molecule has 0 saturated heterocycles. The van der Waals surface area contributed by atoms with Crippen molar-refractivity contribution in [1.29, 1.82) is 0 Å². The van der Waals surface area contributed by atoms with E-state index in [1.807, 2.05) is 5.32 Å². The highest BCUT2D eigenvalue weighted by molar-refractivity contribution is 6.33. The summed E-state index contributed by atoms with van der Waals surface area (Å²) in [5.74, 6) is -3.27. The van der Waals surface area contributed by atoms with Crippen LogP contribution in [0.1, 0.15) is 10.4 Å². The number of hydrogen-bond donors (Lipinski definition) is 2. The molecule has 0 saturated carbocycles. The van der Waals surface area contributed by atoms with Gasteiger partial charge in [0.05, 0.1) is 16.3 Å². The van der Waals surface area contributed by atoms with Crippen molar-refractivity contribution in [2.24, 2.45) is 0 Å². The number of rotatable bonds is 3. The minimum atomic E-state index is -4.99. The Morgan fingerprint density at radius 2 is 1.76 bits per heavy atom. The van der Waals surface area contributed by atoms with Gasteiger partial charge >= 0.3 is 12.4 Å². The van der Waals surface area contributed by atoms with E-state index in [1.54, 1.807) is 12.1 Å². The number of nitrogens with one attached hydrogen (secondary N) is 2. The first-order valence-electron chi connectivity index (χ1n) is 6.58. The van der Waals surface area contributed by atoms with Crippen LogP contribution < -0.4 is 15.4 Å². The van der Waals surface area contributed by atoms with E-state index < -0.39 is 35.4 Å². The number of urea groups is 1. The number of amides is 3. The lowest BCUT2D eigenvalue weighted by molar-refractivity contribution is -0.274. The molecule has 132 valence electrons. The van der Waals surface area contributed by atoms with Gasteiger partial charge in [-0.1, -0.05) is 23.7 Å². The molecule has 0 aromatic heterocycles. The topological polar surface area (TPSA) is 67.4 Å². The van der Waals surface area contributed by atoms with Gasteiger partial charge in [0, 0.05) is 6.07 Å². The van der Waals surface area contributed by atoms with Crippen LogP contribution >= 0.6 is 11.6 Å². The fourth-order valence-corrected chi connectivity index (χ4v) is 1.95. The summed E-state index contributed by atoms with van der Waals surface area (Å²) in [6.45, 7) is 0. The molecule has 2 rings (SSSR count). The molecule has 2 N–H and O–H groups in total. The fourth-order valence-electron chi connectivity index (χ4n) is 1.76. The standard InChI is InChI=1S/C15H9ClF4N2O3/c16-10-3-1-2-4-12(10)21-14(24)22-13(23)9-6-5-8(7-11(9)17)25-15(18,19)20/h1-7H,(H2,21,22,23,24). The number of imide groups is 1. The summed E-state index contributed by atoms with van der Waals surface area (Å²) in [4.78, 5) is 23.6. The molecule has 0 atom stereocenters. The smallest absolute Gasteiger partial charge is 0.406 e. The van der Waals surface area contributed by atoms with Crippen molar-refractivity contribution in [3.63, 3.8) is 0 Å². The van der Waals surface area contributed by atoms with Crippen LogP contribution in [0.5, 0.6) is 5.75 Å². The predicted molar refractivity (Wildman–Crippen MR) is 81.0 cm³/mol. The molecule has 25 heavy (non-hydrogen) atoms. The van der Waals surface area contributed by atoms with Gasteiger partial charge in [-0.3, -0.25) is 10.1 Å². The Morgan fingerprint density at radius 1 is 1.08 bits per heavy atom. The molecule has 3 amide bonds. The number of halogens is 5. The van der Waals surface area contributed by atoms with Gasteiger partial charge in [-0.05, 0) is 24.3 Å². The number of ether oxygens (including phenoxy) is 1. The van der Waals surface area contributed by atoms with Gasteiger partial charge in [-0.15, -0.1) is 13.2 Å². The summed E-state index contributed by atoms with van der Waals surface area (Å²) >= 11 is 5.82. The largest absolute Gasteiger partial charge is 0.573 e. The quantitative estimate of drug-likeness (QED) is 0.783. The van der Waals surface area contributed by atoms with E-state index in [0.717, 1.165) is 12.1 Å². The number of carbonyl (C=O) groups is 2. The Kier molecular flexibility index (Phi) is 5.48. The summed E-state index contributed by atoms with van der Waals surface area (Å²) in [5.41, 5.74) is -0.423. The second-order valence-electron chi connectivity index (χ2n) is 4.58. The van der Waals surface area contributed by atoms with E-state index in [-0.39, 0.29) is 10.7 Å². The normalized spacial score (nSPS) is 10.9. The first-order valence-corrected chi connectivity index (χ1v) is 6.95. The molecule has 0 aliphatic heterocycles. The summed E-state index contributed by atoms with van der Waals surface area (Å²) in [6, 6.07) is 7.07. The highest BCUT2D eigenvalue weighted by Crippen LogP contribution is 2.24. The molecule has 0 bridgehead atoms. The van der Waals surface area contributed by atoms with Crippen LogP contribution in [-0.4, -0.2) is 18.3 Å². The molecule has 0 aliphatic rings. The maximum absolute atomic E-state index is 13.8. The molecule has 0 unspecified atom stereocenters. The molecule has 2 aromatic carbocycles. The van der Waals surface area contributed by atoms with Crippen molar-refractivity contribution in [3.8, 4) is 5.75 Å². The van der Waals surface area contributed by atoms with E-state index in [1.165, 1.54) is 12.1 Å². The van der Waals surface area contributed by atoms with Crippen LogP contribution in [0.4, 0.5) is 28.0 Å². The number of hydrogen-bond acceptors (Lipinski definition) is 3. The Bertz CT molecular complexity index is 812. The first-order chi connectivity index (χ1) is 11.7. The molecule has 0 heterocycles. The highest BCUT2D eigenvalue weighted by atomic mass is 35.5. The van der Waals surface area contributed by atoms with E-state index in [9.17, 15) is 27.2 Å². The van der Waals surface area contributed by atoms with Crippen LogP contribution in [0.25, 0.3) is 0 Å². The maximum atomic E-state index is 13.8. The minimum Gasteiger partial charge on any atom is -0.406 e.